The standard InChI is InChI=1S/C16H11Cl2N2O/c1-10-2-4-11(5-3-10)15-9-16(21)19-20(15)14-7-6-12(17)8-13(14)18/h2-9H,1H3. The van der Waals surface area contributed by atoms with E-state index < -0.39 is 0 Å². The van der Waals surface area contributed by atoms with Gasteiger partial charge in [0.2, 0.25) is 0 Å². The third kappa shape index (κ3) is 2.75. The summed E-state index contributed by atoms with van der Waals surface area (Å²) < 4.78 is 1.55. The van der Waals surface area contributed by atoms with Crippen LogP contribution < -0.4 is 0 Å². The number of rotatable bonds is 2. The van der Waals surface area contributed by atoms with Gasteiger partial charge in [-0.15, -0.1) is 5.10 Å². The summed E-state index contributed by atoms with van der Waals surface area (Å²) in [6.45, 7) is 2.01. The van der Waals surface area contributed by atoms with Gasteiger partial charge in [-0.2, -0.15) is 0 Å². The Labute approximate surface area is 132 Å². The second-order valence-electron chi connectivity index (χ2n) is 4.74. The summed E-state index contributed by atoms with van der Waals surface area (Å²) in [4.78, 5) is 0. The summed E-state index contributed by atoms with van der Waals surface area (Å²) in [5.74, 6) is -0.309. The third-order valence-electron chi connectivity index (χ3n) is 3.17. The summed E-state index contributed by atoms with van der Waals surface area (Å²) in [5, 5.41) is 16.7. The SMILES string of the molecule is Cc1ccc(-c2cc([O])nn2-c2ccc(Cl)cc2Cl)cc1. The minimum atomic E-state index is -0.309. The van der Waals surface area contributed by atoms with Crippen molar-refractivity contribution in [1.82, 2.24) is 9.78 Å². The molecule has 0 unspecified atom stereocenters. The molecule has 0 spiro atoms. The maximum atomic E-state index is 11.7. The van der Waals surface area contributed by atoms with Crippen LogP contribution in [0.25, 0.3) is 16.9 Å². The molecule has 0 aliphatic rings. The zero-order valence-corrected chi connectivity index (χ0v) is 12.7. The molecule has 5 heteroatoms. The molecule has 0 aliphatic heterocycles. The first-order valence-corrected chi connectivity index (χ1v) is 7.10. The van der Waals surface area contributed by atoms with Crippen molar-refractivity contribution in [3.05, 3.63) is 64.1 Å². The Bertz CT molecular complexity index is 795. The molecular formula is C16H11Cl2N2O. The predicted molar refractivity (Wildman–Crippen MR) is 83.9 cm³/mol. The van der Waals surface area contributed by atoms with Crippen LogP contribution in [0.15, 0.2) is 48.5 Å². The lowest BCUT2D eigenvalue weighted by molar-refractivity contribution is 0.334. The maximum absolute atomic E-state index is 11.7. The van der Waals surface area contributed by atoms with E-state index in [0.717, 1.165) is 11.1 Å². The van der Waals surface area contributed by atoms with Crippen LogP contribution in [0.5, 0.6) is 5.88 Å². The van der Waals surface area contributed by atoms with Gasteiger partial charge in [0.1, 0.15) is 0 Å². The fourth-order valence-corrected chi connectivity index (χ4v) is 2.61. The fraction of sp³-hybridized carbons (Fsp3) is 0.0625. The van der Waals surface area contributed by atoms with Gasteiger partial charge >= 0.3 is 0 Å². The second kappa shape index (κ2) is 5.43. The molecule has 0 amide bonds. The van der Waals surface area contributed by atoms with Gasteiger partial charge in [0.05, 0.1) is 16.4 Å². The third-order valence-corrected chi connectivity index (χ3v) is 3.71. The highest BCUT2D eigenvalue weighted by atomic mass is 35.5. The number of aryl methyl sites for hydroxylation is 1. The monoisotopic (exact) mass is 317 g/mol. The highest BCUT2D eigenvalue weighted by Gasteiger charge is 2.14. The Morgan fingerprint density at radius 2 is 1.71 bits per heavy atom. The molecule has 3 nitrogen and oxygen atoms in total. The number of hydrogen-bond donors (Lipinski definition) is 0. The molecule has 1 radical (unpaired) electrons. The second-order valence-corrected chi connectivity index (χ2v) is 5.59. The molecule has 105 valence electrons. The van der Waals surface area contributed by atoms with E-state index >= 15 is 0 Å². The van der Waals surface area contributed by atoms with E-state index in [0.29, 0.717) is 21.4 Å². The molecule has 0 atom stereocenters. The number of aromatic nitrogens is 2. The lowest BCUT2D eigenvalue weighted by atomic mass is 10.1. The average Bonchev–Trinajstić information content (AvgIpc) is 2.81. The van der Waals surface area contributed by atoms with Crippen LogP contribution in [0.2, 0.25) is 10.0 Å². The molecule has 3 rings (SSSR count). The molecule has 0 N–H and O–H groups in total. The van der Waals surface area contributed by atoms with Crippen molar-refractivity contribution in [2.75, 3.05) is 0 Å². The molecule has 0 saturated heterocycles. The van der Waals surface area contributed by atoms with Crippen molar-refractivity contribution in [2.45, 2.75) is 6.92 Å². The zero-order chi connectivity index (χ0) is 15.0. The van der Waals surface area contributed by atoms with E-state index in [1.807, 2.05) is 31.2 Å². The molecule has 0 fully saturated rings. The van der Waals surface area contributed by atoms with Crippen LogP contribution in [-0.4, -0.2) is 9.78 Å². The lowest BCUT2D eigenvalue weighted by Crippen LogP contribution is -1.99. The van der Waals surface area contributed by atoms with Crippen LogP contribution in [0.1, 0.15) is 5.56 Å². The van der Waals surface area contributed by atoms with Gasteiger partial charge in [0, 0.05) is 16.7 Å². The number of nitrogens with zero attached hydrogens (tertiary/aromatic N) is 2. The maximum Gasteiger partial charge on any atom is 0.288 e. The minimum Gasteiger partial charge on any atom is -0.266 e. The Morgan fingerprint density at radius 3 is 2.38 bits per heavy atom. The van der Waals surface area contributed by atoms with E-state index in [-0.39, 0.29) is 5.88 Å². The quantitative estimate of drug-likeness (QED) is 0.632. The largest absolute Gasteiger partial charge is 0.288 e. The van der Waals surface area contributed by atoms with Crippen LogP contribution >= 0.6 is 23.2 Å². The normalized spacial score (nSPS) is 10.8. The van der Waals surface area contributed by atoms with Gasteiger partial charge in [-0.05, 0) is 25.1 Å². The molecule has 2 aromatic carbocycles. The average molecular weight is 318 g/mol. The van der Waals surface area contributed by atoms with Crippen molar-refractivity contribution in [3.63, 3.8) is 0 Å². The molecule has 0 bridgehead atoms. The first-order valence-electron chi connectivity index (χ1n) is 6.34. The van der Waals surface area contributed by atoms with Gasteiger partial charge in [-0.1, -0.05) is 53.0 Å². The Kier molecular flexibility index (Phi) is 3.62. The minimum absolute atomic E-state index is 0.309. The summed E-state index contributed by atoms with van der Waals surface area (Å²) in [6, 6.07) is 14.5. The predicted octanol–water partition coefficient (Wildman–Crippen LogP) is 5.30. The van der Waals surface area contributed by atoms with E-state index in [1.54, 1.807) is 22.9 Å². The van der Waals surface area contributed by atoms with E-state index in [2.05, 4.69) is 5.10 Å². The summed E-state index contributed by atoms with van der Waals surface area (Å²) in [7, 11) is 0. The fourth-order valence-electron chi connectivity index (χ4n) is 2.13. The van der Waals surface area contributed by atoms with Gasteiger partial charge in [-0.3, -0.25) is 5.11 Å². The van der Waals surface area contributed by atoms with Crippen molar-refractivity contribution in [1.29, 1.82) is 0 Å². The summed E-state index contributed by atoms with van der Waals surface area (Å²) in [5.41, 5.74) is 3.38. The molecule has 0 saturated carbocycles. The van der Waals surface area contributed by atoms with Gasteiger partial charge in [0.15, 0.2) is 0 Å². The van der Waals surface area contributed by atoms with E-state index in [1.165, 1.54) is 6.07 Å². The molecule has 0 aliphatic carbocycles. The zero-order valence-electron chi connectivity index (χ0n) is 11.2. The Hall–Kier alpha value is -1.97. The smallest absolute Gasteiger partial charge is 0.266 e. The topological polar surface area (TPSA) is 37.7 Å². The number of halogens is 2. The van der Waals surface area contributed by atoms with Gasteiger partial charge in [-0.25, -0.2) is 4.68 Å². The molecular weight excluding hydrogens is 307 g/mol. The van der Waals surface area contributed by atoms with Gasteiger partial charge in [0.25, 0.3) is 5.88 Å². The van der Waals surface area contributed by atoms with Crippen molar-refractivity contribution in [2.24, 2.45) is 0 Å². The number of benzene rings is 2. The van der Waals surface area contributed by atoms with E-state index in [4.69, 9.17) is 23.2 Å². The number of hydrogen-bond acceptors (Lipinski definition) is 1. The van der Waals surface area contributed by atoms with Crippen LogP contribution in [-0.2, 0) is 5.11 Å². The Balaban J connectivity index is 2.17. The molecule has 21 heavy (non-hydrogen) atoms. The van der Waals surface area contributed by atoms with Crippen LogP contribution in [0.4, 0.5) is 0 Å². The summed E-state index contributed by atoms with van der Waals surface area (Å²) >= 11 is 12.1. The Morgan fingerprint density at radius 1 is 1.00 bits per heavy atom. The lowest BCUT2D eigenvalue weighted by Gasteiger charge is -2.09. The van der Waals surface area contributed by atoms with Crippen molar-refractivity contribution < 1.29 is 5.11 Å². The summed E-state index contributed by atoms with van der Waals surface area (Å²) in [6.07, 6.45) is 0. The highest BCUT2D eigenvalue weighted by Crippen LogP contribution is 2.31. The molecule has 3 aromatic rings. The van der Waals surface area contributed by atoms with E-state index in [9.17, 15) is 5.11 Å². The first-order chi connectivity index (χ1) is 10.0. The highest BCUT2D eigenvalue weighted by molar-refractivity contribution is 6.35. The van der Waals surface area contributed by atoms with Gasteiger partial charge < -0.3 is 0 Å². The van der Waals surface area contributed by atoms with Crippen LogP contribution in [0, 0.1) is 6.92 Å². The van der Waals surface area contributed by atoms with Crippen molar-refractivity contribution in [3.8, 4) is 22.8 Å². The first kappa shape index (κ1) is 14.0. The molecule has 1 aromatic heterocycles. The molecule has 1 heterocycles. The van der Waals surface area contributed by atoms with Crippen LogP contribution in [0.3, 0.4) is 0 Å². The van der Waals surface area contributed by atoms with Crippen molar-refractivity contribution >= 4 is 23.2 Å².